The quantitative estimate of drug-likeness (QED) is 0.832. The lowest BCUT2D eigenvalue weighted by Crippen LogP contribution is -2.42. The van der Waals surface area contributed by atoms with Crippen molar-refractivity contribution >= 4 is 29.0 Å². The van der Waals surface area contributed by atoms with Crippen LogP contribution in [0.25, 0.3) is 0 Å². The average molecular weight is 396 g/mol. The fourth-order valence-electron chi connectivity index (χ4n) is 3.98. The van der Waals surface area contributed by atoms with Gasteiger partial charge in [0.15, 0.2) is 5.82 Å². The third kappa shape index (κ3) is 4.12. The highest BCUT2D eigenvalue weighted by atomic mass is 16.2. The van der Waals surface area contributed by atoms with Crippen LogP contribution in [0.15, 0.2) is 36.7 Å². The van der Waals surface area contributed by atoms with Gasteiger partial charge in [0.25, 0.3) is 0 Å². The standard InChI is InChI=1S/C21H29N7O/c1-15-8-11-23-18-6-7-19(27-12-9-17(14-27)26(2)3)25-20(18)28(15)21(29)24-16-5-4-10-22-13-16/h4-7,10,13,15,17,23H,8-9,11-12,14H2,1-3H3,(H,24,29)/t15-,17+/m1/s1. The molecule has 2 aliphatic rings. The maximum Gasteiger partial charge on any atom is 0.327 e. The van der Waals surface area contributed by atoms with Gasteiger partial charge >= 0.3 is 6.03 Å². The monoisotopic (exact) mass is 395 g/mol. The molecule has 8 heteroatoms. The Kier molecular flexibility index (Phi) is 5.53. The molecule has 0 saturated carbocycles. The number of hydrogen-bond acceptors (Lipinski definition) is 6. The van der Waals surface area contributed by atoms with Crippen molar-refractivity contribution in [3.05, 3.63) is 36.7 Å². The van der Waals surface area contributed by atoms with Gasteiger partial charge in [-0.05, 0) is 58.1 Å². The van der Waals surface area contributed by atoms with Crippen LogP contribution in [-0.4, -0.2) is 66.7 Å². The molecule has 0 radical (unpaired) electrons. The van der Waals surface area contributed by atoms with Crippen LogP contribution in [0.1, 0.15) is 19.8 Å². The van der Waals surface area contributed by atoms with Crippen molar-refractivity contribution in [2.24, 2.45) is 0 Å². The summed E-state index contributed by atoms with van der Waals surface area (Å²) in [5.41, 5.74) is 1.57. The van der Waals surface area contributed by atoms with Gasteiger partial charge in [0.05, 0.1) is 17.6 Å². The number of aromatic nitrogens is 2. The predicted octanol–water partition coefficient (Wildman–Crippen LogP) is 2.86. The molecule has 2 aromatic rings. The van der Waals surface area contributed by atoms with E-state index in [1.807, 2.05) is 18.2 Å². The number of nitrogens with zero attached hydrogens (tertiary/aromatic N) is 5. The molecule has 2 amide bonds. The second kappa shape index (κ2) is 8.24. The third-order valence-corrected chi connectivity index (χ3v) is 5.76. The molecule has 0 aliphatic carbocycles. The number of carbonyl (C=O) groups is 1. The van der Waals surface area contributed by atoms with Gasteiger partial charge in [-0.2, -0.15) is 0 Å². The first-order valence-corrected chi connectivity index (χ1v) is 10.2. The molecule has 29 heavy (non-hydrogen) atoms. The number of anilines is 4. The Morgan fingerprint density at radius 3 is 2.86 bits per heavy atom. The molecule has 2 N–H and O–H groups in total. The van der Waals surface area contributed by atoms with E-state index in [1.165, 1.54) is 0 Å². The first kappa shape index (κ1) is 19.4. The van der Waals surface area contributed by atoms with E-state index in [0.717, 1.165) is 44.0 Å². The second-order valence-corrected chi connectivity index (χ2v) is 8.00. The molecule has 1 fully saturated rings. The number of hydrogen-bond donors (Lipinski definition) is 2. The lowest BCUT2D eigenvalue weighted by molar-refractivity contribution is 0.255. The van der Waals surface area contributed by atoms with Crippen LogP contribution in [0.4, 0.5) is 27.8 Å². The minimum Gasteiger partial charge on any atom is -0.382 e. The highest BCUT2D eigenvalue weighted by Crippen LogP contribution is 2.33. The van der Waals surface area contributed by atoms with Crippen molar-refractivity contribution in [3.63, 3.8) is 0 Å². The van der Waals surface area contributed by atoms with E-state index >= 15 is 0 Å². The Labute approximate surface area is 171 Å². The molecule has 0 spiro atoms. The van der Waals surface area contributed by atoms with Gasteiger partial charge in [0, 0.05) is 37.9 Å². The van der Waals surface area contributed by atoms with Crippen LogP contribution in [0, 0.1) is 0 Å². The van der Waals surface area contributed by atoms with E-state index in [0.29, 0.717) is 17.5 Å². The Morgan fingerprint density at radius 2 is 2.14 bits per heavy atom. The Morgan fingerprint density at radius 1 is 1.28 bits per heavy atom. The number of rotatable bonds is 3. The first-order chi connectivity index (χ1) is 14.0. The fraction of sp³-hybridized carbons (Fsp3) is 0.476. The minimum absolute atomic E-state index is 0.0243. The van der Waals surface area contributed by atoms with Gasteiger partial charge in [-0.15, -0.1) is 0 Å². The van der Waals surface area contributed by atoms with Crippen molar-refractivity contribution in [2.45, 2.75) is 31.8 Å². The van der Waals surface area contributed by atoms with Crippen molar-refractivity contribution in [3.8, 4) is 0 Å². The summed E-state index contributed by atoms with van der Waals surface area (Å²) in [6.45, 7) is 4.79. The van der Waals surface area contributed by atoms with Crippen LogP contribution >= 0.6 is 0 Å². The summed E-state index contributed by atoms with van der Waals surface area (Å²) in [7, 11) is 4.24. The molecule has 0 bridgehead atoms. The normalized spacial score (nSPS) is 21.5. The SMILES string of the molecule is C[C@@H]1CCNc2ccc(N3CC[C@H](N(C)C)C3)nc2N1C(=O)Nc1cccnc1. The summed E-state index contributed by atoms with van der Waals surface area (Å²) in [5, 5.41) is 6.38. The Hall–Kier alpha value is -2.87. The molecule has 0 unspecified atom stereocenters. The van der Waals surface area contributed by atoms with E-state index in [2.05, 4.69) is 52.5 Å². The van der Waals surface area contributed by atoms with Crippen molar-refractivity contribution in [2.75, 3.05) is 54.2 Å². The topological polar surface area (TPSA) is 76.6 Å². The van der Waals surface area contributed by atoms with Crippen molar-refractivity contribution in [1.29, 1.82) is 0 Å². The van der Waals surface area contributed by atoms with Gasteiger partial charge < -0.3 is 20.4 Å². The van der Waals surface area contributed by atoms with Crippen LogP contribution in [0.3, 0.4) is 0 Å². The van der Waals surface area contributed by atoms with E-state index in [4.69, 9.17) is 4.98 Å². The van der Waals surface area contributed by atoms with E-state index < -0.39 is 0 Å². The van der Waals surface area contributed by atoms with Gasteiger partial charge in [0.2, 0.25) is 0 Å². The number of urea groups is 1. The molecule has 2 aliphatic heterocycles. The highest BCUT2D eigenvalue weighted by Gasteiger charge is 2.30. The van der Waals surface area contributed by atoms with Crippen LogP contribution in [0.2, 0.25) is 0 Å². The lowest BCUT2D eigenvalue weighted by atomic mass is 10.2. The molecule has 2 atom stereocenters. The Balaban J connectivity index is 1.62. The smallest absolute Gasteiger partial charge is 0.327 e. The van der Waals surface area contributed by atoms with E-state index in [-0.39, 0.29) is 12.1 Å². The summed E-state index contributed by atoms with van der Waals surface area (Å²) in [6.07, 6.45) is 5.30. The van der Waals surface area contributed by atoms with Crippen LogP contribution < -0.4 is 20.4 Å². The number of pyridine rings is 2. The van der Waals surface area contributed by atoms with Gasteiger partial charge in [0.1, 0.15) is 5.82 Å². The number of fused-ring (bicyclic) bond motifs is 1. The zero-order valence-corrected chi connectivity index (χ0v) is 17.3. The molecule has 0 aromatic carbocycles. The molecule has 4 heterocycles. The summed E-state index contributed by atoms with van der Waals surface area (Å²) < 4.78 is 0. The molecular formula is C21H29N7O. The molecule has 154 valence electrons. The maximum atomic E-state index is 13.2. The van der Waals surface area contributed by atoms with Crippen LogP contribution in [0.5, 0.6) is 0 Å². The van der Waals surface area contributed by atoms with Gasteiger partial charge in [-0.1, -0.05) is 0 Å². The summed E-state index contributed by atoms with van der Waals surface area (Å²) in [4.78, 5) is 28.5. The maximum absolute atomic E-state index is 13.2. The predicted molar refractivity (Wildman–Crippen MR) is 117 cm³/mol. The van der Waals surface area contributed by atoms with Gasteiger partial charge in [-0.25, -0.2) is 9.78 Å². The van der Waals surface area contributed by atoms with E-state index in [1.54, 1.807) is 17.3 Å². The largest absolute Gasteiger partial charge is 0.382 e. The lowest BCUT2D eigenvalue weighted by Gasteiger charge is -2.28. The number of nitrogens with one attached hydrogen (secondary N) is 2. The first-order valence-electron chi connectivity index (χ1n) is 10.2. The summed E-state index contributed by atoms with van der Waals surface area (Å²) in [6, 6.07) is 8.10. The van der Waals surface area contributed by atoms with Gasteiger partial charge in [-0.3, -0.25) is 9.88 Å². The zero-order chi connectivity index (χ0) is 20.4. The molecular weight excluding hydrogens is 366 g/mol. The summed E-state index contributed by atoms with van der Waals surface area (Å²) in [5.74, 6) is 1.60. The Bertz CT molecular complexity index is 857. The third-order valence-electron chi connectivity index (χ3n) is 5.76. The molecule has 4 rings (SSSR count). The van der Waals surface area contributed by atoms with Crippen molar-refractivity contribution in [1.82, 2.24) is 14.9 Å². The molecule has 1 saturated heterocycles. The van der Waals surface area contributed by atoms with Crippen LogP contribution in [-0.2, 0) is 0 Å². The number of carbonyl (C=O) groups excluding carboxylic acids is 1. The summed E-state index contributed by atoms with van der Waals surface area (Å²) >= 11 is 0. The second-order valence-electron chi connectivity index (χ2n) is 8.00. The average Bonchev–Trinajstić information content (AvgIpc) is 3.14. The number of amides is 2. The minimum atomic E-state index is -0.187. The fourth-order valence-corrected chi connectivity index (χ4v) is 3.98. The number of likely N-dealkylation sites (N-methyl/N-ethyl adjacent to an activating group) is 1. The zero-order valence-electron chi connectivity index (χ0n) is 17.3. The molecule has 2 aromatic heterocycles. The molecule has 8 nitrogen and oxygen atoms in total. The van der Waals surface area contributed by atoms with Crippen molar-refractivity contribution < 1.29 is 4.79 Å². The van der Waals surface area contributed by atoms with E-state index in [9.17, 15) is 4.79 Å². The highest BCUT2D eigenvalue weighted by molar-refractivity contribution is 6.03.